The molecule has 0 bridgehead atoms. The third-order valence-corrected chi connectivity index (χ3v) is 3.35. The van der Waals surface area contributed by atoms with Gasteiger partial charge in [0.05, 0.1) is 6.10 Å². The van der Waals surface area contributed by atoms with E-state index >= 15 is 0 Å². The molecule has 0 radical (unpaired) electrons. The Bertz CT molecular complexity index is 227. The van der Waals surface area contributed by atoms with Crippen LogP contribution in [0.15, 0.2) is 0 Å². The van der Waals surface area contributed by atoms with E-state index in [1.165, 1.54) is 0 Å². The minimum absolute atomic E-state index is 0.0129. The monoisotopic (exact) mass is 201 g/mol. The minimum Gasteiger partial charge on any atom is -0.480 e. The molecule has 1 rings (SSSR count). The Morgan fingerprint density at radius 2 is 2.00 bits per heavy atom. The van der Waals surface area contributed by atoms with Crippen molar-refractivity contribution in [3.05, 3.63) is 0 Å². The van der Waals surface area contributed by atoms with Crippen molar-refractivity contribution in [3.8, 4) is 0 Å². The van der Waals surface area contributed by atoms with Gasteiger partial charge >= 0.3 is 5.97 Å². The van der Waals surface area contributed by atoms with Crippen LogP contribution in [0.2, 0.25) is 0 Å². The molecule has 1 fully saturated rings. The van der Waals surface area contributed by atoms with E-state index < -0.39 is 11.5 Å². The molecule has 2 N–H and O–H groups in total. The van der Waals surface area contributed by atoms with Crippen LogP contribution in [0.3, 0.4) is 0 Å². The summed E-state index contributed by atoms with van der Waals surface area (Å²) in [6, 6.07) is -0.0129. The highest BCUT2D eigenvalue weighted by Crippen LogP contribution is 2.28. The van der Waals surface area contributed by atoms with Crippen molar-refractivity contribution < 1.29 is 15.0 Å². The van der Waals surface area contributed by atoms with E-state index in [2.05, 4.69) is 0 Å². The molecule has 14 heavy (non-hydrogen) atoms. The summed E-state index contributed by atoms with van der Waals surface area (Å²) < 4.78 is 0. The highest BCUT2D eigenvalue weighted by molar-refractivity contribution is 5.77. The van der Waals surface area contributed by atoms with Crippen molar-refractivity contribution in [1.29, 1.82) is 0 Å². The van der Waals surface area contributed by atoms with Crippen LogP contribution in [0.1, 0.15) is 33.1 Å². The molecule has 0 aliphatic heterocycles. The van der Waals surface area contributed by atoms with Crippen molar-refractivity contribution in [2.45, 2.75) is 50.8 Å². The summed E-state index contributed by atoms with van der Waals surface area (Å²) >= 11 is 0. The Kier molecular flexibility index (Phi) is 3.17. The number of aliphatic hydroxyl groups excluding tert-OH is 1. The van der Waals surface area contributed by atoms with E-state index in [4.69, 9.17) is 5.11 Å². The standard InChI is InChI=1S/C10H19NO3/c1-10(2,9(13)14)11(3)7-5-4-6-8(7)12/h7-8,12H,4-6H2,1-3H3,(H,13,14). The van der Waals surface area contributed by atoms with Gasteiger partial charge in [0.2, 0.25) is 0 Å². The van der Waals surface area contributed by atoms with Gasteiger partial charge < -0.3 is 10.2 Å². The number of hydrogen-bond donors (Lipinski definition) is 2. The normalized spacial score (nSPS) is 28.4. The molecule has 2 unspecified atom stereocenters. The van der Waals surface area contributed by atoms with E-state index in [9.17, 15) is 9.90 Å². The third kappa shape index (κ3) is 1.91. The third-order valence-electron chi connectivity index (χ3n) is 3.35. The molecule has 4 heteroatoms. The predicted octanol–water partition coefficient (Wildman–Crippen LogP) is 0.695. The average molecular weight is 201 g/mol. The molecule has 0 saturated heterocycles. The van der Waals surface area contributed by atoms with Gasteiger partial charge in [0.15, 0.2) is 0 Å². The van der Waals surface area contributed by atoms with Crippen LogP contribution in [0.25, 0.3) is 0 Å². The molecular weight excluding hydrogens is 182 g/mol. The van der Waals surface area contributed by atoms with Gasteiger partial charge in [0.25, 0.3) is 0 Å². The molecule has 1 aliphatic rings. The number of aliphatic hydroxyl groups is 1. The molecule has 4 nitrogen and oxygen atoms in total. The van der Waals surface area contributed by atoms with Gasteiger partial charge in [0, 0.05) is 6.04 Å². The van der Waals surface area contributed by atoms with Crippen LogP contribution in [-0.4, -0.2) is 45.8 Å². The maximum Gasteiger partial charge on any atom is 0.323 e. The first-order chi connectivity index (χ1) is 6.37. The van der Waals surface area contributed by atoms with E-state index in [1.54, 1.807) is 25.8 Å². The summed E-state index contributed by atoms with van der Waals surface area (Å²) in [4.78, 5) is 12.8. The molecule has 2 atom stereocenters. The van der Waals surface area contributed by atoms with Gasteiger partial charge in [-0.1, -0.05) is 0 Å². The van der Waals surface area contributed by atoms with E-state index in [-0.39, 0.29) is 12.1 Å². The number of hydrogen-bond acceptors (Lipinski definition) is 3. The number of carbonyl (C=O) groups is 1. The number of aliphatic carboxylic acids is 1. The fourth-order valence-corrected chi connectivity index (χ4v) is 1.94. The zero-order valence-electron chi connectivity index (χ0n) is 9.03. The Morgan fingerprint density at radius 3 is 2.36 bits per heavy atom. The second-order valence-corrected chi connectivity index (χ2v) is 4.54. The molecular formula is C10H19NO3. The van der Waals surface area contributed by atoms with Gasteiger partial charge in [-0.25, -0.2) is 0 Å². The summed E-state index contributed by atoms with van der Waals surface area (Å²) in [5.41, 5.74) is -0.907. The Hall–Kier alpha value is -0.610. The lowest BCUT2D eigenvalue weighted by Crippen LogP contribution is -2.54. The van der Waals surface area contributed by atoms with Crippen molar-refractivity contribution in [2.75, 3.05) is 7.05 Å². The van der Waals surface area contributed by atoms with Crippen molar-refractivity contribution in [3.63, 3.8) is 0 Å². The fraction of sp³-hybridized carbons (Fsp3) is 0.900. The van der Waals surface area contributed by atoms with Gasteiger partial charge in [0.1, 0.15) is 5.54 Å². The van der Waals surface area contributed by atoms with Gasteiger partial charge in [-0.3, -0.25) is 9.69 Å². The molecule has 0 aromatic rings. The molecule has 0 spiro atoms. The van der Waals surface area contributed by atoms with E-state index in [0.29, 0.717) is 0 Å². The predicted molar refractivity (Wildman–Crippen MR) is 53.1 cm³/mol. The Morgan fingerprint density at radius 1 is 1.43 bits per heavy atom. The number of carboxylic acids is 1. The first-order valence-electron chi connectivity index (χ1n) is 5.01. The number of likely N-dealkylation sites (N-methyl/N-ethyl adjacent to an activating group) is 1. The largest absolute Gasteiger partial charge is 0.480 e. The molecule has 1 saturated carbocycles. The summed E-state index contributed by atoms with van der Waals surface area (Å²) in [5.74, 6) is -0.848. The van der Waals surface area contributed by atoms with Gasteiger partial charge in [-0.05, 0) is 40.2 Å². The topological polar surface area (TPSA) is 60.8 Å². The summed E-state index contributed by atoms with van der Waals surface area (Å²) in [6.07, 6.45) is 2.27. The molecule has 0 amide bonds. The SMILES string of the molecule is CN(C1CCCC1O)C(C)(C)C(=O)O. The highest BCUT2D eigenvalue weighted by atomic mass is 16.4. The summed E-state index contributed by atoms with van der Waals surface area (Å²) in [6.45, 7) is 3.33. The van der Waals surface area contributed by atoms with Crippen molar-refractivity contribution >= 4 is 5.97 Å². The van der Waals surface area contributed by atoms with E-state index in [0.717, 1.165) is 19.3 Å². The number of rotatable bonds is 3. The Balaban J connectivity index is 2.73. The van der Waals surface area contributed by atoms with Crippen LogP contribution in [0.4, 0.5) is 0 Å². The van der Waals surface area contributed by atoms with Gasteiger partial charge in [-0.15, -0.1) is 0 Å². The highest BCUT2D eigenvalue weighted by Gasteiger charge is 2.40. The van der Waals surface area contributed by atoms with Crippen LogP contribution >= 0.6 is 0 Å². The molecule has 0 heterocycles. The maximum absolute atomic E-state index is 11.0. The minimum atomic E-state index is -0.907. The van der Waals surface area contributed by atoms with Gasteiger partial charge in [-0.2, -0.15) is 0 Å². The number of carboxylic acid groups (broad SMARTS) is 1. The van der Waals surface area contributed by atoms with Crippen LogP contribution in [0.5, 0.6) is 0 Å². The van der Waals surface area contributed by atoms with E-state index in [1.807, 2.05) is 0 Å². The average Bonchev–Trinajstić information content (AvgIpc) is 2.49. The lowest BCUT2D eigenvalue weighted by atomic mass is 10.00. The number of nitrogens with zero attached hydrogens (tertiary/aromatic N) is 1. The molecule has 0 aromatic heterocycles. The second-order valence-electron chi connectivity index (χ2n) is 4.54. The molecule has 82 valence electrons. The first kappa shape index (κ1) is 11.5. The lowest BCUT2D eigenvalue weighted by molar-refractivity contribution is -0.151. The van der Waals surface area contributed by atoms with Crippen LogP contribution in [-0.2, 0) is 4.79 Å². The maximum atomic E-state index is 11.0. The molecule has 0 aromatic carbocycles. The zero-order valence-corrected chi connectivity index (χ0v) is 9.03. The van der Waals surface area contributed by atoms with Crippen molar-refractivity contribution in [1.82, 2.24) is 4.90 Å². The molecule has 1 aliphatic carbocycles. The second kappa shape index (κ2) is 3.87. The lowest BCUT2D eigenvalue weighted by Gasteiger charge is -2.37. The van der Waals surface area contributed by atoms with Crippen molar-refractivity contribution in [2.24, 2.45) is 0 Å². The fourth-order valence-electron chi connectivity index (χ4n) is 1.94. The first-order valence-corrected chi connectivity index (χ1v) is 5.01. The smallest absolute Gasteiger partial charge is 0.323 e. The quantitative estimate of drug-likeness (QED) is 0.705. The summed E-state index contributed by atoms with van der Waals surface area (Å²) in [5, 5.41) is 18.7. The Labute approximate surface area is 84.5 Å². The summed E-state index contributed by atoms with van der Waals surface area (Å²) in [7, 11) is 1.77. The van der Waals surface area contributed by atoms with Crippen LogP contribution in [0, 0.1) is 0 Å². The van der Waals surface area contributed by atoms with Crippen LogP contribution < -0.4 is 0 Å². The zero-order chi connectivity index (χ0) is 10.9.